The molecule has 0 unspecified atom stereocenters. The van der Waals surface area contributed by atoms with E-state index in [2.05, 4.69) is 15.6 Å². The van der Waals surface area contributed by atoms with Crippen molar-refractivity contribution in [2.45, 2.75) is 52.2 Å². The Hall–Kier alpha value is -4.40. The van der Waals surface area contributed by atoms with Gasteiger partial charge in [0.2, 0.25) is 11.8 Å². The molecule has 9 nitrogen and oxygen atoms in total. The van der Waals surface area contributed by atoms with Crippen molar-refractivity contribution in [2.75, 3.05) is 6.54 Å². The molecule has 0 radical (unpaired) electrons. The molecule has 2 amide bonds. The zero-order valence-corrected chi connectivity index (χ0v) is 22.0. The summed E-state index contributed by atoms with van der Waals surface area (Å²) in [4.78, 5) is 29.2. The SMILES string of the molecule is Cc1ccccc1CCN(C(=O)Cn1nnc2ccccc21)[C@@H](C(=O)NC(C)(C)C)c1ccc(O)c(O)c1. The lowest BCUT2D eigenvalue weighted by Gasteiger charge is -2.34. The summed E-state index contributed by atoms with van der Waals surface area (Å²) in [5.41, 5.74) is 3.32. The van der Waals surface area contributed by atoms with Crippen LogP contribution in [0.15, 0.2) is 66.7 Å². The van der Waals surface area contributed by atoms with E-state index in [-0.39, 0.29) is 30.5 Å². The van der Waals surface area contributed by atoms with Gasteiger partial charge in [0.15, 0.2) is 11.5 Å². The first-order valence-corrected chi connectivity index (χ1v) is 12.5. The van der Waals surface area contributed by atoms with E-state index in [1.807, 2.05) is 76.2 Å². The first kappa shape index (κ1) is 26.7. The number of phenolic OH excluding ortho intramolecular Hbond substituents is 2. The van der Waals surface area contributed by atoms with Crippen molar-refractivity contribution < 1.29 is 19.8 Å². The Morgan fingerprint density at radius 1 is 1.00 bits per heavy atom. The van der Waals surface area contributed by atoms with Gasteiger partial charge in [0.05, 0.1) is 5.52 Å². The fraction of sp³-hybridized carbons (Fsp3) is 0.310. The van der Waals surface area contributed by atoms with Crippen LogP contribution in [0, 0.1) is 6.92 Å². The number of amides is 2. The highest BCUT2D eigenvalue weighted by Crippen LogP contribution is 2.31. The fourth-order valence-corrected chi connectivity index (χ4v) is 4.40. The zero-order valence-electron chi connectivity index (χ0n) is 22.0. The highest BCUT2D eigenvalue weighted by Gasteiger charge is 2.34. The summed E-state index contributed by atoms with van der Waals surface area (Å²) in [5.74, 6) is -1.42. The minimum atomic E-state index is -1.06. The van der Waals surface area contributed by atoms with E-state index in [1.165, 1.54) is 21.7 Å². The number of fused-ring (bicyclic) bond motifs is 1. The molecule has 0 saturated heterocycles. The lowest BCUT2D eigenvalue weighted by Crippen LogP contribution is -2.50. The summed E-state index contributed by atoms with van der Waals surface area (Å²) < 4.78 is 1.52. The first-order valence-electron chi connectivity index (χ1n) is 12.5. The lowest BCUT2D eigenvalue weighted by atomic mass is 9.99. The van der Waals surface area contributed by atoms with Crippen molar-refractivity contribution in [1.82, 2.24) is 25.2 Å². The smallest absolute Gasteiger partial charge is 0.247 e. The molecular formula is C29H33N5O4. The van der Waals surface area contributed by atoms with Gasteiger partial charge in [-0.05, 0) is 75.1 Å². The van der Waals surface area contributed by atoms with Crippen LogP contribution in [0.1, 0.15) is 43.5 Å². The van der Waals surface area contributed by atoms with Crippen molar-refractivity contribution in [3.05, 3.63) is 83.4 Å². The molecule has 4 rings (SSSR count). The Kier molecular flexibility index (Phi) is 7.66. The molecule has 0 fully saturated rings. The third kappa shape index (κ3) is 6.11. The van der Waals surface area contributed by atoms with Crippen molar-refractivity contribution in [1.29, 1.82) is 0 Å². The van der Waals surface area contributed by atoms with Crippen molar-refractivity contribution in [3.8, 4) is 11.5 Å². The van der Waals surface area contributed by atoms with E-state index in [9.17, 15) is 19.8 Å². The van der Waals surface area contributed by atoms with Gasteiger partial charge in [-0.15, -0.1) is 5.10 Å². The summed E-state index contributed by atoms with van der Waals surface area (Å²) >= 11 is 0. The molecule has 3 aromatic carbocycles. The number of carbonyl (C=O) groups excluding carboxylic acids is 2. The first-order chi connectivity index (χ1) is 18.0. The molecular weight excluding hydrogens is 482 g/mol. The van der Waals surface area contributed by atoms with Crippen LogP contribution in [-0.2, 0) is 22.6 Å². The fourth-order valence-electron chi connectivity index (χ4n) is 4.40. The van der Waals surface area contributed by atoms with E-state index in [1.54, 1.807) is 6.07 Å². The summed E-state index contributed by atoms with van der Waals surface area (Å²) in [7, 11) is 0. The number of aromatic hydroxyl groups is 2. The number of para-hydroxylation sites is 1. The summed E-state index contributed by atoms with van der Waals surface area (Å²) in [6.45, 7) is 7.69. The summed E-state index contributed by atoms with van der Waals surface area (Å²) in [5, 5.41) is 31.4. The van der Waals surface area contributed by atoms with Crippen LogP contribution in [-0.4, -0.2) is 54.0 Å². The summed E-state index contributed by atoms with van der Waals surface area (Å²) in [6, 6.07) is 18.4. The molecule has 198 valence electrons. The van der Waals surface area contributed by atoms with Crippen LogP contribution in [0.2, 0.25) is 0 Å². The van der Waals surface area contributed by atoms with Gasteiger partial charge in [0.25, 0.3) is 0 Å². The quantitative estimate of drug-likeness (QED) is 0.306. The van der Waals surface area contributed by atoms with Gasteiger partial charge >= 0.3 is 0 Å². The van der Waals surface area contributed by atoms with Gasteiger partial charge in [-0.2, -0.15) is 0 Å². The number of carbonyl (C=O) groups is 2. The Morgan fingerprint density at radius 2 is 1.71 bits per heavy atom. The van der Waals surface area contributed by atoms with Crippen LogP contribution in [0.4, 0.5) is 0 Å². The molecule has 4 aromatic rings. The number of hydrogen-bond acceptors (Lipinski definition) is 6. The molecule has 1 aromatic heterocycles. The number of rotatable bonds is 8. The van der Waals surface area contributed by atoms with Gasteiger partial charge in [-0.3, -0.25) is 9.59 Å². The molecule has 0 aliphatic heterocycles. The van der Waals surface area contributed by atoms with Crippen LogP contribution < -0.4 is 5.32 Å². The minimum absolute atomic E-state index is 0.127. The maximum atomic E-state index is 13.9. The Morgan fingerprint density at radius 3 is 2.42 bits per heavy atom. The molecule has 9 heteroatoms. The van der Waals surface area contributed by atoms with Crippen molar-refractivity contribution in [3.63, 3.8) is 0 Å². The number of hydrogen-bond donors (Lipinski definition) is 3. The Bertz CT molecular complexity index is 1460. The van der Waals surface area contributed by atoms with E-state index in [0.29, 0.717) is 23.0 Å². The van der Waals surface area contributed by atoms with Crippen LogP contribution in [0.3, 0.4) is 0 Å². The van der Waals surface area contributed by atoms with Gasteiger partial charge < -0.3 is 20.4 Å². The third-order valence-electron chi connectivity index (χ3n) is 6.28. The van der Waals surface area contributed by atoms with Crippen LogP contribution >= 0.6 is 0 Å². The Labute approximate surface area is 221 Å². The number of aryl methyl sites for hydroxylation is 1. The second-order valence-corrected chi connectivity index (χ2v) is 10.4. The van der Waals surface area contributed by atoms with Gasteiger partial charge in [-0.1, -0.05) is 47.7 Å². The Balaban J connectivity index is 1.75. The molecule has 0 aliphatic rings. The molecule has 0 saturated carbocycles. The number of nitrogens with one attached hydrogen (secondary N) is 1. The average molecular weight is 516 g/mol. The molecule has 38 heavy (non-hydrogen) atoms. The lowest BCUT2D eigenvalue weighted by molar-refractivity contribution is -0.142. The number of phenols is 2. The molecule has 0 bridgehead atoms. The normalized spacial score (nSPS) is 12.3. The predicted molar refractivity (Wildman–Crippen MR) is 145 cm³/mol. The van der Waals surface area contributed by atoms with E-state index >= 15 is 0 Å². The highest BCUT2D eigenvalue weighted by molar-refractivity contribution is 5.89. The van der Waals surface area contributed by atoms with Crippen molar-refractivity contribution >= 4 is 22.8 Å². The monoisotopic (exact) mass is 515 g/mol. The summed E-state index contributed by atoms with van der Waals surface area (Å²) in [6.07, 6.45) is 0.514. The topological polar surface area (TPSA) is 121 Å². The number of benzene rings is 3. The molecule has 1 heterocycles. The third-order valence-corrected chi connectivity index (χ3v) is 6.28. The second kappa shape index (κ2) is 10.9. The standard InChI is InChI=1S/C29H33N5O4/c1-19-9-5-6-10-20(19)15-16-33(26(37)18-34-23-12-8-7-11-22(23)31-32-34)27(28(38)30-29(2,3)4)21-13-14-24(35)25(36)17-21/h5-14,17,27,35-36H,15-16,18H2,1-4H3,(H,30,38)/t27-/m1/s1. The molecule has 3 N–H and O–H groups in total. The number of aromatic nitrogens is 3. The zero-order chi connectivity index (χ0) is 27.4. The highest BCUT2D eigenvalue weighted by atomic mass is 16.3. The maximum Gasteiger partial charge on any atom is 0.247 e. The molecule has 0 aliphatic carbocycles. The van der Waals surface area contributed by atoms with E-state index in [4.69, 9.17) is 0 Å². The van der Waals surface area contributed by atoms with Crippen LogP contribution in [0.5, 0.6) is 11.5 Å². The van der Waals surface area contributed by atoms with Gasteiger partial charge in [0.1, 0.15) is 18.1 Å². The minimum Gasteiger partial charge on any atom is -0.504 e. The molecule has 0 spiro atoms. The largest absolute Gasteiger partial charge is 0.504 e. The van der Waals surface area contributed by atoms with E-state index in [0.717, 1.165) is 11.1 Å². The van der Waals surface area contributed by atoms with Crippen LogP contribution in [0.25, 0.3) is 11.0 Å². The molecule has 1 atom stereocenters. The van der Waals surface area contributed by atoms with Gasteiger partial charge in [-0.25, -0.2) is 4.68 Å². The van der Waals surface area contributed by atoms with Crippen molar-refractivity contribution in [2.24, 2.45) is 0 Å². The number of nitrogens with zero attached hydrogens (tertiary/aromatic N) is 4. The van der Waals surface area contributed by atoms with Gasteiger partial charge in [0, 0.05) is 12.1 Å². The predicted octanol–water partition coefficient (Wildman–Crippen LogP) is 3.88. The second-order valence-electron chi connectivity index (χ2n) is 10.4. The maximum absolute atomic E-state index is 13.9. The average Bonchev–Trinajstić information content (AvgIpc) is 3.26. The van der Waals surface area contributed by atoms with E-state index < -0.39 is 17.5 Å².